The van der Waals surface area contributed by atoms with Gasteiger partial charge < -0.3 is 19.9 Å². The van der Waals surface area contributed by atoms with Crippen molar-refractivity contribution < 1.29 is 19.4 Å². The molecule has 156 valence electrons. The second-order valence-corrected chi connectivity index (χ2v) is 7.18. The van der Waals surface area contributed by atoms with E-state index in [2.05, 4.69) is 36.5 Å². The molecule has 0 unspecified atom stereocenters. The van der Waals surface area contributed by atoms with E-state index in [1.165, 1.54) is 5.56 Å². The standard InChI is InChI=1S/C25H27NO4/c1-4-29-24-14-20(15-26-22-11-10-21(25(27)28)13-18(22)3)9-12-23(24)30-16-19-7-5-17(2)6-8-19/h5-14,26H,4,15-16H2,1-3H3,(H,27,28). The Morgan fingerprint density at radius 3 is 2.30 bits per heavy atom. The van der Waals surface area contributed by atoms with Crippen molar-refractivity contribution >= 4 is 11.7 Å². The van der Waals surface area contributed by atoms with Crippen molar-refractivity contribution in [2.24, 2.45) is 0 Å². The molecule has 0 saturated heterocycles. The van der Waals surface area contributed by atoms with E-state index >= 15 is 0 Å². The first-order valence-corrected chi connectivity index (χ1v) is 9.98. The zero-order valence-electron chi connectivity index (χ0n) is 17.6. The summed E-state index contributed by atoms with van der Waals surface area (Å²) in [5, 5.41) is 12.5. The van der Waals surface area contributed by atoms with E-state index in [9.17, 15) is 4.79 Å². The van der Waals surface area contributed by atoms with Crippen LogP contribution in [-0.2, 0) is 13.2 Å². The Morgan fingerprint density at radius 1 is 0.900 bits per heavy atom. The minimum atomic E-state index is -0.924. The lowest BCUT2D eigenvalue weighted by Crippen LogP contribution is -2.05. The SMILES string of the molecule is CCOc1cc(CNc2ccc(C(=O)O)cc2C)ccc1OCc1ccc(C)cc1. The molecule has 0 aliphatic heterocycles. The lowest BCUT2D eigenvalue weighted by molar-refractivity contribution is 0.0697. The van der Waals surface area contributed by atoms with Gasteiger partial charge in [-0.15, -0.1) is 0 Å². The molecule has 0 amide bonds. The normalized spacial score (nSPS) is 10.5. The summed E-state index contributed by atoms with van der Waals surface area (Å²) in [7, 11) is 0. The van der Waals surface area contributed by atoms with Gasteiger partial charge in [-0.1, -0.05) is 35.9 Å². The first kappa shape index (κ1) is 21.2. The molecule has 0 bridgehead atoms. The monoisotopic (exact) mass is 405 g/mol. The molecule has 0 fully saturated rings. The molecule has 0 aromatic heterocycles. The zero-order valence-corrected chi connectivity index (χ0v) is 17.6. The molecular formula is C25H27NO4. The Bertz CT molecular complexity index is 1010. The fraction of sp³-hybridized carbons (Fsp3) is 0.240. The van der Waals surface area contributed by atoms with Gasteiger partial charge in [-0.2, -0.15) is 0 Å². The van der Waals surface area contributed by atoms with Gasteiger partial charge in [-0.3, -0.25) is 0 Å². The van der Waals surface area contributed by atoms with E-state index < -0.39 is 5.97 Å². The number of hydrogen-bond acceptors (Lipinski definition) is 4. The molecule has 0 saturated carbocycles. The van der Waals surface area contributed by atoms with E-state index in [1.807, 2.05) is 32.0 Å². The number of carboxylic acids is 1. The Labute approximate surface area is 177 Å². The number of aryl methyl sites for hydroxylation is 2. The van der Waals surface area contributed by atoms with Crippen LogP contribution < -0.4 is 14.8 Å². The third-order valence-corrected chi connectivity index (χ3v) is 4.78. The molecule has 5 heteroatoms. The van der Waals surface area contributed by atoms with Crippen LogP contribution in [0.5, 0.6) is 11.5 Å². The average molecular weight is 405 g/mol. The molecule has 0 aliphatic carbocycles. The van der Waals surface area contributed by atoms with Gasteiger partial charge in [0.25, 0.3) is 0 Å². The second-order valence-electron chi connectivity index (χ2n) is 7.18. The minimum absolute atomic E-state index is 0.284. The summed E-state index contributed by atoms with van der Waals surface area (Å²) in [6, 6.07) is 19.2. The fourth-order valence-corrected chi connectivity index (χ4v) is 3.09. The highest BCUT2D eigenvalue weighted by Gasteiger charge is 2.09. The molecule has 0 heterocycles. The summed E-state index contributed by atoms with van der Waals surface area (Å²) < 4.78 is 11.8. The molecule has 5 nitrogen and oxygen atoms in total. The van der Waals surface area contributed by atoms with Crippen LogP contribution in [0.4, 0.5) is 5.69 Å². The maximum atomic E-state index is 11.1. The molecule has 0 atom stereocenters. The molecule has 0 radical (unpaired) electrons. The summed E-state index contributed by atoms with van der Waals surface area (Å²) in [5.74, 6) is 0.497. The third kappa shape index (κ3) is 5.54. The van der Waals surface area contributed by atoms with Crippen molar-refractivity contribution in [2.45, 2.75) is 33.9 Å². The highest BCUT2D eigenvalue weighted by molar-refractivity contribution is 5.88. The Balaban J connectivity index is 1.68. The van der Waals surface area contributed by atoms with Gasteiger partial charge in [-0.05, 0) is 67.8 Å². The second kappa shape index (κ2) is 9.83. The van der Waals surface area contributed by atoms with Crippen LogP contribution in [0.3, 0.4) is 0 Å². The quantitative estimate of drug-likeness (QED) is 0.486. The Kier molecular flexibility index (Phi) is 6.96. The largest absolute Gasteiger partial charge is 0.490 e. The number of carbonyl (C=O) groups is 1. The van der Waals surface area contributed by atoms with Gasteiger partial charge in [0.15, 0.2) is 11.5 Å². The van der Waals surface area contributed by atoms with Crippen molar-refractivity contribution in [3.63, 3.8) is 0 Å². The van der Waals surface area contributed by atoms with Crippen LogP contribution in [0.2, 0.25) is 0 Å². The van der Waals surface area contributed by atoms with Gasteiger partial charge in [-0.25, -0.2) is 4.79 Å². The average Bonchev–Trinajstić information content (AvgIpc) is 2.73. The summed E-state index contributed by atoms with van der Waals surface area (Å²) in [5.41, 5.74) is 5.44. The van der Waals surface area contributed by atoms with Crippen molar-refractivity contribution in [2.75, 3.05) is 11.9 Å². The molecule has 3 aromatic carbocycles. The van der Waals surface area contributed by atoms with Gasteiger partial charge in [0.05, 0.1) is 12.2 Å². The van der Waals surface area contributed by atoms with E-state index in [1.54, 1.807) is 18.2 Å². The highest BCUT2D eigenvalue weighted by Crippen LogP contribution is 2.30. The van der Waals surface area contributed by atoms with Gasteiger partial charge in [0.1, 0.15) is 6.61 Å². The molecule has 0 spiro atoms. The maximum absolute atomic E-state index is 11.1. The number of carboxylic acid groups (broad SMARTS) is 1. The molecule has 2 N–H and O–H groups in total. The topological polar surface area (TPSA) is 67.8 Å². The maximum Gasteiger partial charge on any atom is 0.335 e. The van der Waals surface area contributed by atoms with Crippen LogP contribution in [0.25, 0.3) is 0 Å². The molecule has 3 rings (SSSR count). The zero-order chi connectivity index (χ0) is 21.5. The van der Waals surface area contributed by atoms with E-state index in [-0.39, 0.29) is 5.56 Å². The Hall–Kier alpha value is -3.47. The lowest BCUT2D eigenvalue weighted by Gasteiger charge is -2.15. The van der Waals surface area contributed by atoms with Crippen molar-refractivity contribution in [3.8, 4) is 11.5 Å². The summed E-state index contributed by atoms with van der Waals surface area (Å²) in [6.07, 6.45) is 0. The summed E-state index contributed by atoms with van der Waals surface area (Å²) in [4.78, 5) is 11.1. The number of ether oxygens (including phenoxy) is 2. The van der Waals surface area contributed by atoms with Crippen LogP contribution in [0.1, 0.15) is 39.5 Å². The van der Waals surface area contributed by atoms with Crippen molar-refractivity contribution in [1.82, 2.24) is 0 Å². The first-order chi connectivity index (χ1) is 14.5. The minimum Gasteiger partial charge on any atom is -0.490 e. The molecular weight excluding hydrogens is 378 g/mol. The molecule has 0 aliphatic rings. The van der Waals surface area contributed by atoms with E-state index in [4.69, 9.17) is 14.6 Å². The summed E-state index contributed by atoms with van der Waals surface area (Å²) in [6.45, 7) is 7.52. The van der Waals surface area contributed by atoms with Gasteiger partial charge in [0.2, 0.25) is 0 Å². The lowest BCUT2D eigenvalue weighted by atomic mass is 10.1. The highest BCUT2D eigenvalue weighted by atomic mass is 16.5. The third-order valence-electron chi connectivity index (χ3n) is 4.78. The van der Waals surface area contributed by atoms with Crippen molar-refractivity contribution in [3.05, 3.63) is 88.5 Å². The number of nitrogens with one attached hydrogen (secondary N) is 1. The summed E-state index contributed by atoms with van der Waals surface area (Å²) >= 11 is 0. The first-order valence-electron chi connectivity index (χ1n) is 9.98. The van der Waals surface area contributed by atoms with Crippen molar-refractivity contribution in [1.29, 1.82) is 0 Å². The predicted molar refractivity (Wildman–Crippen MR) is 119 cm³/mol. The smallest absolute Gasteiger partial charge is 0.335 e. The van der Waals surface area contributed by atoms with Crippen LogP contribution in [0, 0.1) is 13.8 Å². The van der Waals surface area contributed by atoms with E-state index in [0.29, 0.717) is 31.3 Å². The molecule has 30 heavy (non-hydrogen) atoms. The number of anilines is 1. The van der Waals surface area contributed by atoms with Gasteiger partial charge >= 0.3 is 5.97 Å². The number of aromatic carboxylic acids is 1. The van der Waals surface area contributed by atoms with Crippen LogP contribution in [-0.4, -0.2) is 17.7 Å². The number of rotatable bonds is 9. The number of hydrogen-bond donors (Lipinski definition) is 2. The fourth-order valence-electron chi connectivity index (χ4n) is 3.09. The molecule has 3 aromatic rings. The number of benzene rings is 3. The Morgan fingerprint density at radius 2 is 1.63 bits per heavy atom. The van der Waals surface area contributed by atoms with Gasteiger partial charge in [0, 0.05) is 12.2 Å². The predicted octanol–water partition coefficient (Wildman–Crippen LogP) is 5.59. The van der Waals surface area contributed by atoms with Crippen LogP contribution >= 0.6 is 0 Å². The van der Waals surface area contributed by atoms with E-state index in [0.717, 1.165) is 22.4 Å². The van der Waals surface area contributed by atoms with Crippen LogP contribution in [0.15, 0.2) is 60.7 Å².